The summed E-state index contributed by atoms with van der Waals surface area (Å²) in [6, 6.07) is 12.2. The van der Waals surface area contributed by atoms with Crippen molar-refractivity contribution in [2.45, 2.75) is 13.3 Å². The zero-order chi connectivity index (χ0) is 25.9. The van der Waals surface area contributed by atoms with Gasteiger partial charge >= 0.3 is 0 Å². The second-order valence-corrected chi connectivity index (χ2v) is 9.85. The molecule has 192 valence electrons. The first-order valence-electron chi connectivity index (χ1n) is 12.6. The minimum absolute atomic E-state index is 0.619. The predicted molar refractivity (Wildman–Crippen MR) is 148 cm³/mol. The van der Waals surface area contributed by atoms with E-state index in [0.717, 1.165) is 77.8 Å². The molecule has 0 aliphatic carbocycles. The molecular weight excluding hydrogens is 464 g/mol. The maximum atomic E-state index is 5.58. The second kappa shape index (κ2) is 10.6. The van der Waals surface area contributed by atoms with Gasteiger partial charge in [0.1, 0.15) is 11.5 Å². The van der Waals surface area contributed by atoms with Gasteiger partial charge in [-0.05, 0) is 30.5 Å². The molecule has 5 rings (SSSR count). The van der Waals surface area contributed by atoms with Gasteiger partial charge in [0.15, 0.2) is 0 Å². The fraction of sp³-hybridized carbons (Fsp3) is 0.345. The van der Waals surface area contributed by atoms with Crippen LogP contribution in [0.2, 0.25) is 0 Å². The van der Waals surface area contributed by atoms with Gasteiger partial charge in [0.2, 0.25) is 0 Å². The zero-order valence-corrected chi connectivity index (χ0v) is 22.0. The Morgan fingerprint density at radius 1 is 1.03 bits per heavy atom. The number of piperidine rings is 1. The maximum Gasteiger partial charge on any atom is 0.124 e. The van der Waals surface area contributed by atoms with Crippen LogP contribution in [-0.2, 0) is 7.05 Å². The number of rotatable bonds is 8. The normalized spacial score (nSPS) is 16.2. The average Bonchev–Trinajstić information content (AvgIpc) is 3.33. The Bertz CT molecular complexity index is 1390. The summed E-state index contributed by atoms with van der Waals surface area (Å²) >= 11 is 0. The molecule has 0 unspecified atom stereocenters. The second-order valence-electron chi connectivity index (χ2n) is 9.85. The molecule has 1 fully saturated rings. The fourth-order valence-corrected chi connectivity index (χ4v) is 5.07. The Morgan fingerprint density at radius 3 is 2.49 bits per heavy atom. The summed E-state index contributed by atoms with van der Waals surface area (Å²) in [7, 11) is 5.25. The largest absolute Gasteiger partial charge is 0.497 e. The monoisotopic (exact) mass is 498 g/mol. The molecule has 0 saturated carbocycles. The van der Waals surface area contributed by atoms with Gasteiger partial charge in [-0.3, -0.25) is 14.6 Å². The lowest BCUT2D eigenvalue weighted by Gasteiger charge is -2.35. The van der Waals surface area contributed by atoms with Crippen LogP contribution < -0.4 is 14.4 Å². The molecule has 4 aromatic rings. The fourth-order valence-electron chi connectivity index (χ4n) is 5.07. The molecule has 0 spiro atoms. The molecular formula is C29H34N6O2. The third kappa shape index (κ3) is 5.59. The number of anilines is 2. The summed E-state index contributed by atoms with van der Waals surface area (Å²) in [5, 5.41) is 4.28. The van der Waals surface area contributed by atoms with E-state index in [-0.39, 0.29) is 0 Å². The van der Waals surface area contributed by atoms with E-state index in [1.165, 1.54) is 5.57 Å². The molecule has 0 N–H and O–H groups in total. The van der Waals surface area contributed by atoms with Gasteiger partial charge < -0.3 is 14.4 Å². The summed E-state index contributed by atoms with van der Waals surface area (Å²) in [5.41, 5.74) is 6.75. The van der Waals surface area contributed by atoms with Crippen LogP contribution in [0.5, 0.6) is 11.5 Å². The molecule has 37 heavy (non-hydrogen) atoms. The van der Waals surface area contributed by atoms with Crippen molar-refractivity contribution in [3.05, 3.63) is 67.1 Å². The van der Waals surface area contributed by atoms with E-state index in [1.807, 2.05) is 43.7 Å². The SMILES string of the molecule is C=C1C[C@@H](C)CN(CCN(c2cc(OC)cc(OC)c2)c2ccc3ncc(-c4cnn(C)c4)nc3c2)C1. The summed E-state index contributed by atoms with van der Waals surface area (Å²) in [6.45, 7) is 10.3. The van der Waals surface area contributed by atoms with E-state index >= 15 is 0 Å². The van der Waals surface area contributed by atoms with E-state index in [0.29, 0.717) is 5.92 Å². The van der Waals surface area contributed by atoms with E-state index < -0.39 is 0 Å². The molecule has 2 aromatic carbocycles. The number of hydrogen-bond acceptors (Lipinski definition) is 7. The van der Waals surface area contributed by atoms with Crippen molar-refractivity contribution in [3.63, 3.8) is 0 Å². The van der Waals surface area contributed by atoms with Crippen molar-refractivity contribution >= 4 is 22.4 Å². The van der Waals surface area contributed by atoms with Crippen molar-refractivity contribution in [2.75, 3.05) is 45.3 Å². The van der Waals surface area contributed by atoms with Crippen LogP contribution in [0.25, 0.3) is 22.3 Å². The zero-order valence-electron chi connectivity index (χ0n) is 22.0. The lowest BCUT2D eigenvalue weighted by Crippen LogP contribution is -2.40. The Labute approximate surface area is 218 Å². The van der Waals surface area contributed by atoms with Crippen LogP contribution in [0, 0.1) is 5.92 Å². The topological polar surface area (TPSA) is 68.5 Å². The summed E-state index contributed by atoms with van der Waals surface area (Å²) < 4.78 is 12.9. The van der Waals surface area contributed by atoms with E-state index in [4.69, 9.17) is 14.5 Å². The molecule has 2 aromatic heterocycles. The number of ether oxygens (including phenoxy) is 2. The third-order valence-electron chi connectivity index (χ3n) is 6.78. The smallest absolute Gasteiger partial charge is 0.124 e. The number of fused-ring (bicyclic) bond motifs is 1. The molecule has 1 saturated heterocycles. The number of nitrogens with zero attached hydrogens (tertiary/aromatic N) is 6. The molecule has 1 aliphatic rings. The van der Waals surface area contributed by atoms with Crippen molar-refractivity contribution in [3.8, 4) is 22.8 Å². The van der Waals surface area contributed by atoms with Crippen LogP contribution in [0.1, 0.15) is 13.3 Å². The highest BCUT2D eigenvalue weighted by Crippen LogP contribution is 2.34. The molecule has 0 radical (unpaired) electrons. The molecule has 0 bridgehead atoms. The molecule has 1 atom stereocenters. The number of methoxy groups -OCH3 is 2. The minimum atomic E-state index is 0.619. The summed E-state index contributed by atoms with van der Waals surface area (Å²) in [4.78, 5) is 14.4. The van der Waals surface area contributed by atoms with Gasteiger partial charge in [-0.25, -0.2) is 4.98 Å². The van der Waals surface area contributed by atoms with Crippen molar-refractivity contribution in [2.24, 2.45) is 13.0 Å². The number of aryl methyl sites for hydroxylation is 1. The van der Waals surface area contributed by atoms with E-state index in [9.17, 15) is 0 Å². The molecule has 0 amide bonds. The van der Waals surface area contributed by atoms with Crippen LogP contribution in [0.3, 0.4) is 0 Å². The lowest BCUT2D eigenvalue weighted by molar-refractivity contribution is 0.227. The minimum Gasteiger partial charge on any atom is -0.497 e. The number of likely N-dealkylation sites (tertiary alicyclic amines) is 1. The van der Waals surface area contributed by atoms with Crippen LogP contribution in [0.15, 0.2) is 67.1 Å². The van der Waals surface area contributed by atoms with Gasteiger partial charge in [-0.15, -0.1) is 0 Å². The average molecular weight is 499 g/mol. The number of aromatic nitrogens is 4. The van der Waals surface area contributed by atoms with Crippen molar-refractivity contribution in [1.82, 2.24) is 24.6 Å². The van der Waals surface area contributed by atoms with Crippen LogP contribution in [-0.4, -0.2) is 65.0 Å². The Hall–Kier alpha value is -3.91. The Kier molecular flexibility index (Phi) is 7.10. The predicted octanol–water partition coefficient (Wildman–Crippen LogP) is 5.08. The summed E-state index contributed by atoms with van der Waals surface area (Å²) in [5.74, 6) is 2.12. The molecule has 3 heterocycles. The maximum absolute atomic E-state index is 5.58. The highest BCUT2D eigenvalue weighted by molar-refractivity contribution is 5.82. The number of hydrogen-bond donors (Lipinski definition) is 0. The third-order valence-corrected chi connectivity index (χ3v) is 6.78. The van der Waals surface area contributed by atoms with Gasteiger partial charge in [0.25, 0.3) is 0 Å². The van der Waals surface area contributed by atoms with Gasteiger partial charge in [-0.2, -0.15) is 5.10 Å². The first kappa shape index (κ1) is 24.8. The van der Waals surface area contributed by atoms with Crippen LogP contribution in [0.4, 0.5) is 11.4 Å². The van der Waals surface area contributed by atoms with Gasteiger partial charge in [-0.1, -0.05) is 19.1 Å². The first-order chi connectivity index (χ1) is 17.9. The summed E-state index contributed by atoms with van der Waals surface area (Å²) in [6.07, 6.45) is 6.66. The Balaban J connectivity index is 1.52. The van der Waals surface area contributed by atoms with E-state index in [1.54, 1.807) is 25.1 Å². The highest BCUT2D eigenvalue weighted by Gasteiger charge is 2.21. The van der Waals surface area contributed by atoms with Crippen LogP contribution >= 0.6 is 0 Å². The number of benzene rings is 2. The molecule has 8 nitrogen and oxygen atoms in total. The lowest BCUT2D eigenvalue weighted by atomic mass is 9.97. The Morgan fingerprint density at radius 2 is 1.81 bits per heavy atom. The van der Waals surface area contributed by atoms with E-state index in [2.05, 4.69) is 45.5 Å². The highest BCUT2D eigenvalue weighted by atomic mass is 16.5. The standard InChI is InChI=1S/C29H34N6O2/c1-20-10-21(2)18-34(17-20)8-9-35(24-11-25(36-4)14-26(12-24)37-5)23-6-7-27-28(13-23)32-29(16-30-27)22-15-31-33(3)19-22/h6-7,11-16,19,21H,1,8-10,17-18H2,2-5H3/t21-/m1/s1. The quantitative estimate of drug-likeness (QED) is 0.314. The molecule has 8 heteroatoms. The van der Waals surface area contributed by atoms with Crippen molar-refractivity contribution < 1.29 is 9.47 Å². The van der Waals surface area contributed by atoms with Crippen molar-refractivity contribution in [1.29, 1.82) is 0 Å². The van der Waals surface area contributed by atoms with Gasteiger partial charge in [0, 0.05) is 74.6 Å². The first-order valence-corrected chi connectivity index (χ1v) is 12.6. The molecule has 1 aliphatic heterocycles. The van der Waals surface area contributed by atoms with Gasteiger partial charge in [0.05, 0.1) is 43.3 Å².